The van der Waals surface area contributed by atoms with E-state index in [0.717, 1.165) is 42.8 Å². The van der Waals surface area contributed by atoms with Gasteiger partial charge in [-0.1, -0.05) is 0 Å². The highest BCUT2D eigenvalue weighted by Crippen LogP contribution is 2.22. The van der Waals surface area contributed by atoms with Crippen molar-refractivity contribution in [1.82, 2.24) is 14.7 Å². The quantitative estimate of drug-likeness (QED) is 0.725. The molecule has 0 spiro atoms. The first-order valence-corrected chi connectivity index (χ1v) is 6.78. The van der Waals surface area contributed by atoms with Crippen LogP contribution in [-0.4, -0.2) is 42.0 Å². The highest BCUT2D eigenvalue weighted by atomic mass is 79.9. The van der Waals surface area contributed by atoms with Crippen LogP contribution in [-0.2, 0) is 17.8 Å². The highest BCUT2D eigenvalue weighted by Gasteiger charge is 2.13. The molecular formula is C12H22BrN3O. The van der Waals surface area contributed by atoms with Gasteiger partial charge in [0.25, 0.3) is 0 Å². The summed E-state index contributed by atoms with van der Waals surface area (Å²) in [7, 11) is 3.87. The summed E-state index contributed by atoms with van der Waals surface area (Å²) in [6.45, 7) is 7.83. The Labute approximate surface area is 112 Å². The Morgan fingerprint density at radius 1 is 1.47 bits per heavy atom. The van der Waals surface area contributed by atoms with Crippen LogP contribution in [0, 0.1) is 6.92 Å². The largest absolute Gasteiger partial charge is 0.385 e. The van der Waals surface area contributed by atoms with Gasteiger partial charge in [0.05, 0.1) is 15.9 Å². The van der Waals surface area contributed by atoms with E-state index in [-0.39, 0.29) is 0 Å². The maximum atomic E-state index is 5.06. The topological polar surface area (TPSA) is 30.3 Å². The van der Waals surface area contributed by atoms with E-state index in [0.29, 0.717) is 0 Å². The Balaban J connectivity index is 2.60. The molecule has 98 valence electrons. The first-order chi connectivity index (χ1) is 8.10. The van der Waals surface area contributed by atoms with Crippen molar-refractivity contribution in [2.45, 2.75) is 33.4 Å². The summed E-state index contributed by atoms with van der Waals surface area (Å²) in [5.74, 6) is 0. The minimum atomic E-state index is 0.817. The van der Waals surface area contributed by atoms with Crippen molar-refractivity contribution in [3.05, 3.63) is 15.9 Å². The van der Waals surface area contributed by atoms with E-state index in [1.165, 1.54) is 5.69 Å². The van der Waals surface area contributed by atoms with Gasteiger partial charge in [0, 0.05) is 33.4 Å². The van der Waals surface area contributed by atoms with Crippen LogP contribution in [0.1, 0.15) is 24.7 Å². The Kier molecular flexibility index (Phi) is 6.16. The molecule has 0 aliphatic carbocycles. The number of hydrogen-bond donors (Lipinski definition) is 0. The Morgan fingerprint density at radius 3 is 2.76 bits per heavy atom. The molecule has 0 saturated carbocycles. The number of rotatable bonds is 7. The minimum absolute atomic E-state index is 0.817. The van der Waals surface area contributed by atoms with E-state index >= 15 is 0 Å². The average Bonchev–Trinajstić information content (AvgIpc) is 2.57. The van der Waals surface area contributed by atoms with Crippen molar-refractivity contribution < 1.29 is 4.74 Å². The Morgan fingerprint density at radius 2 is 2.18 bits per heavy atom. The third-order valence-electron chi connectivity index (χ3n) is 2.76. The number of methoxy groups -OCH3 is 1. The van der Waals surface area contributed by atoms with Gasteiger partial charge in [0.15, 0.2) is 0 Å². The van der Waals surface area contributed by atoms with Gasteiger partial charge in [-0.3, -0.25) is 4.68 Å². The predicted molar refractivity (Wildman–Crippen MR) is 73.2 cm³/mol. The summed E-state index contributed by atoms with van der Waals surface area (Å²) in [5, 5.41) is 4.50. The summed E-state index contributed by atoms with van der Waals surface area (Å²) < 4.78 is 8.26. The van der Waals surface area contributed by atoms with Crippen molar-refractivity contribution >= 4 is 15.9 Å². The summed E-state index contributed by atoms with van der Waals surface area (Å²) in [6.07, 6.45) is 1.06. The number of aromatic nitrogens is 2. The summed E-state index contributed by atoms with van der Waals surface area (Å²) >= 11 is 3.62. The lowest BCUT2D eigenvalue weighted by molar-refractivity contribution is 0.177. The molecule has 0 radical (unpaired) electrons. The molecule has 0 unspecified atom stereocenters. The molecule has 17 heavy (non-hydrogen) atoms. The molecule has 1 rings (SSSR count). The van der Waals surface area contributed by atoms with Crippen molar-refractivity contribution in [3.8, 4) is 0 Å². The van der Waals surface area contributed by atoms with Crippen LogP contribution in [0.4, 0.5) is 0 Å². The molecule has 0 atom stereocenters. The van der Waals surface area contributed by atoms with Crippen LogP contribution in [0.15, 0.2) is 4.47 Å². The molecule has 0 bridgehead atoms. The fourth-order valence-electron chi connectivity index (χ4n) is 1.83. The van der Waals surface area contributed by atoms with Gasteiger partial charge in [-0.25, -0.2) is 0 Å². The Bertz CT molecular complexity index is 352. The molecule has 0 aromatic carbocycles. The van der Waals surface area contributed by atoms with Gasteiger partial charge in [-0.15, -0.1) is 0 Å². The maximum absolute atomic E-state index is 5.06. The first-order valence-electron chi connectivity index (χ1n) is 5.99. The second-order valence-corrected chi connectivity index (χ2v) is 5.04. The van der Waals surface area contributed by atoms with E-state index in [2.05, 4.69) is 44.6 Å². The minimum Gasteiger partial charge on any atom is -0.385 e. The fourth-order valence-corrected chi connectivity index (χ4v) is 2.24. The first kappa shape index (κ1) is 14.7. The van der Waals surface area contributed by atoms with Gasteiger partial charge in [-0.2, -0.15) is 5.10 Å². The second-order valence-electron chi connectivity index (χ2n) is 4.25. The lowest BCUT2D eigenvalue weighted by Gasteiger charge is -2.17. The van der Waals surface area contributed by atoms with Gasteiger partial charge in [0.2, 0.25) is 0 Å². The average molecular weight is 304 g/mol. The maximum Gasteiger partial charge on any atom is 0.0739 e. The molecule has 0 saturated heterocycles. The molecule has 1 aromatic heterocycles. The standard InChI is InChI=1S/C12H22BrN3O/c1-5-16-11(12(13)10(2)14-16)9-15(3)7-6-8-17-4/h5-9H2,1-4H3. The fraction of sp³-hybridized carbons (Fsp3) is 0.750. The van der Waals surface area contributed by atoms with Gasteiger partial charge >= 0.3 is 0 Å². The van der Waals surface area contributed by atoms with Crippen LogP contribution < -0.4 is 0 Å². The molecule has 4 nitrogen and oxygen atoms in total. The van der Waals surface area contributed by atoms with Crippen molar-refractivity contribution in [3.63, 3.8) is 0 Å². The SMILES string of the molecule is CCn1nc(C)c(Br)c1CN(C)CCCOC. The molecule has 1 aromatic rings. The summed E-state index contributed by atoms with van der Waals surface area (Å²) in [4.78, 5) is 2.30. The van der Waals surface area contributed by atoms with Crippen LogP contribution in [0.3, 0.4) is 0 Å². The lowest BCUT2D eigenvalue weighted by atomic mass is 10.3. The number of nitrogens with zero attached hydrogens (tertiary/aromatic N) is 3. The van der Waals surface area contributed by atoms with Crippen molar-refractivity contribution in [2.75, 3.05) is 27.3 Å². The molecule has 1 heterocycles. The van der Waals surface area contributed by atoms with E-state index in [1.807, 2.05) is 6.92 Å². The number of halogens is 1. The normalized spacial score (nSPS) is 11.4. The van der Waals surface area contributed by atoms with Crippen LogP contribution in [0.2, 0.25) is 0 Å². The van der Waals surface area contributed by atoms with E-state index in [1.54, 1.807) is 7.11 Å². The monoisotopic (exact) mass is 303 g/mol. The van der Waals surface area contributed by atoms with Crippen LogP contribution >= 0.6 is 15.9 Å². The zero-order chi connectivity index (χ0) is 12.8. The molecule has 0 N–H and O–H groups in total. The zero-order valence-corrected chi connectivity index (χ0v) is 12.7. The summed E-state index contributed by atoms with van der Waals surface area (Å²) in [5.41, 5.74) is 2.32. The van der Waals surface area contributed by atoms with Crippen LogP contribution in [0.25, 0.3) is 0 Å². The zero-order valence-electron chi connectivity index (χ0n) is 11.2. The lowest BCUT2D eigenvalue weighted by Crippen LogP contribution is -2.22. The predicted octanol–water partition coefficient (Wildman–Crippen LogP) is 2.44. The third kappa shape index (κ3) is 4.08. The van der Waals surface area contributed by atoms with E-state index < -0.39 is 0 Å². The molecule has 0 fully saturated rings. The molecule has 5 heteroatoms. The molecule has 0 amide bonds. The van der Waals surface area contributed by atoms with Gasteiger partial charge < -0.3 is 9.64 Å². The second kappa shape index (κ2) is 7.13. The van der Waals surface area contributed by atoms with Crippen molar-refractivity contribution in [2.24, 2.45) is 0 Å². The van der Waals surface area contributed by atoms with E-state index in [4.69, 9.17) is 4.74 Å². The number of ether oxygens (including phenoxy) is 1. The Hall–Kier alpha value is -0.390. The van der Waals surface area contributed by atoms with Gasteiger partial charge in [0.1, 0.15) is 0 Å². The number of hydrogen-bond acceptors (Lipinski definition) is 3. The highest BCUT2D eigenvalue weighted by molar-refractivity contribution is 9.10. The van der Waals surface area contributed by atoms with Crippen molar-refractivity contribution in [1.29, 1.82) is 0 Å². The van der Waals surface area contributed by atoms with Crippen LogP contribution in [0.5, 0.6) is 0 Å². The smallest absolute Gasteiger partial charge is 0.0739 e. The van der Waals surface area contributed by atoms with E-state index in [9.17, 15) is 0 Å². The molecule has 0 aliphatic heterocycles. The number of aryl methyl sites for hydroxylation is 2. The molecular weight excluding hydrogens is 282 g/mol. The van der Waals surface area contributed by atoms with Gasteiger partial charge in [-0.05, 0) is 43.2 Å². The third-order valence-corrected chi connectivity index (χ3v) is 3.79. The molecule has 0 aliphatic rings. The summed E-state index contributed by atoms with van der Waals surface area (Å²) in [6, 6.07) is 0.